The topological polar surface area (TPSA) is 37.3 Å². The summed E-state index contributed by atoms with van der Waals surface area (Å²) >= 11 is 0. The fourth-order valence-corrected chi connectivity index (χ4v) is 3.88. The number of rotatable bonds is 7. The highest BCUT2D eigenvalue weighted by Crippen LogP contribution is 2.43. The number of aliphatic carboxylic acids is 1. The number of carboxylic acids is 1. The number of hydrogen-bond acceptors (Lipinski definition) is 1. The molecule has 2 nitrogen and oxygen atoms in total. The molecule has 1 N–H and O–H groups in total. The lowest BCUT2D eigenvalue weighted by molar-refractivity contribution is -0.145. The predicted octanol–water partition coefficient (Wildman–Crippen LogP) is 4.95. The van der Waals surface area contributed by atoms with E-state index in [1.807, 2.05) is 12.1 Å². The molecule has 1 aromatic carbocycles. The van der Waals surface area contributed by atoms with Gasteiger partial charge in [0.15, 0.2) is 0 Å². The summed E-state index contributed by atoms with van der Waals surface area (Å²) in [5, 5.41) is 10.0. The summed E-state index contributed by atoms with van der Waals surface area (Å²) in [5.74, 6) is -0.100. The average Bonchev–Trinajstić information content (AvgIpc) is 2.51. The molecular weight excluding hydrogens is 260 g/mol. The molecule has 21 heavy (non-hydrogen) atoms. The van der Waals surface area contributed by atoms with Crippen LogP contribution in [0.5, 0.6) is 0 Å². The monoisotopic (exact) mass is 288 g/mol. The van der Waals surface area contributed by atoms with Crippen molar-refractivity contribution >= 4 is 5.97 Å². The minimum Gasteiger partial charge on any atom is -0.481 e. The number of unbranched alkanes of at least 4 members (excludes halogenated alkanes) is 1. The van der Waals surface area contributed by atoms with Crippen molar-refractivity contribution in [1.82, 2.24) is 0 Å². The van der Waals surface area contributed by atoms with Gasteiger partial charge in [0.05, 0.1) is 5.41 Å². The van der Waals surface area contributed by atoms with Gasteiger partial charge in [0.1, 0.15) is 0 Å². The third-order valence-corrected chi connectivity index (χ3v) is 5.17. The van der Waals surface area contributed by atoms with Crippen LogP contribution in [0.3, 0.4) is 0 Å². The molecule has 0 heterocycles. The molecule has 1 aliphatic carbocycles. The van der Waals surface area contributed by atoms with Gasteiger partial charge in [0.2, 0.25) is 0 Å². The molecule has 0 aliphatic heterocycles. The molecule has 116 valence electrons. The summed E-state index contributed by atoms with van der Waals surface area (Å²) in [6.07, 6.45) is 8.24. The van der Waals surface area contributed by atoms with Gasteiger partial charge >= 0.3 is 5.97 Å². The second-order valence-corrected chi connectivity index (χ2v) is 6.52. The van der Waals surface area contributed by atoms with Crippen molar-refractivity contribution in [3.05, 3.63) is 35.4 Å². The van der Waals surface area contributed by atoms with Crippen LogP contribution < -0.4 is 0 Å². The Labute approximate surface area is 128 Å². The van der Waals surface area contributed by atoms with Gasteiger partial charge in [0, 0.05) is 0 Å². The van der Waals surface area contributed by atoms with Crippen LogP contribution >= 0.6 is 0 Å². The lowest BCUT2D eigenvalue weighted by Crippen LogP contribution is -2.41. The Morgan fingerprint density at radius 2 is 2.10 bits per heavy atom. The Morgan fingerprint density at radius 3 is 2.76 bits per heavy atom. The van der Waals surface area contributed by atoms with Crippen molar-refractivity contribution in [2.75, 3.05) is 0 Å². The second kappa shape index (κ2) is 7.11. The maximum absolute atomic E-state index is 12.2. The van der Waals surface area contributed by atoms with Crippen LogP contribution in [-0.2, 0) is 16.6 Å². The van der Waals surface area contributed by atoms with Crippen molar-refractivity contribution in [3.63, 3.8) is 0 Å². The van der Waals surface area contributed by atoms with Gasteiger partial charge in [0.25, 0.3) is 0 Å². The van der Waals surface area contributed by atoms with Gasteiger partial charge in [-0.1, -0.05) is 63.8 Å². The molecular formula is C19H28O2. The maximum Gasteiger partial charge on any atom is 0.314 e. The van der Waals surface area contributed by atoms with E-state index in [1.165, 1.54) is 18.4 Å². The van der Waals surface area contributed by atoms with Gasteiger partial charge in [-0.2, -0.15) is 0 Å². The van der Waals surface area contributed by atoms with Gasteiger partial charge in [-0.05, 0) is 42.7 Å². The molecule has 0 saturated heterocycles. The standard InChI is InChI=1S/C19H28O2/c1-3-5-9-15(4-2)14-19(18(20)21)13-8-11-16-10-6-7-12-17(16)19/h6-7,10,12,15H,3-5,8-9,11,13-14H2,1-2H3,(H,20,21). The van der Waals surface area contributed by atoms with Crippen molar-refractivity contribution in [1.29, 1.82) is 0 Å². The van der Waals surface area contributed by atoms with E-state index in [1.54, 1.807) is 0 Å². The summed E-state index contributed by atoms with van der Waals surface area (Å²) < 4.78 is 0. The van der Waals surface area contributed by atoms with Crippen molar-refractivity contribution < 1.29 is 9.90 Å². The average molecular weight is 288 g/mol. The van der Waals surface area contributed by atoms with Crippen LogP contribution in [-0.4, -0.2) is 11.1 Å². The minimum absolute atomic E-state index is 0.521. The minimum atomic E-state index is -0.650. The number of hydrogen-bond donors (Lipinski definition) is 1. The number of benzene rings is 1. The molecule has 2 unspecified atom stereocenters. The van der Waals surface area contributed by atoms with Crippen molar-refractivity contribution in [2.24, 2.45) is 5.92 Å². The van der Waals surface area contributed by atoms with Gasteiger partial charge in [-0.15, -0.1) is 0 Å². The van der Waals surface area contributed by atoms with Gasteiger partial charge in [-0.25, -0.2) is 0 Å². The van der Waals surface area contributed by atoms with Crippen LogP contribution in [0.1, 0.15) is 69.9 Å². The Bertz CT molecular complexity index is 480. The SMILES string of the molecule is CCCCC(CC)CC1(C(=O)O)CCCc2ccccc21. The fourth-order valence-electron chi connectivity index (χ4n) is 3.88. The summed E-state index contributed by atoms with van der Waals surface area (Å²) in [6, 6.07) is 8.19. The van der Waals surface area contributed by atoms with Gasteiger partial charge < -0.3 is 5.11 Å². The Morgan fingerprint density at radius 1 is 1.33 bits per heavy atom. The van der Waals surface area contributed by atoms with E-state index < -0.39 is 11.4 Å². The lowest BCUT2D eigenvalue weighted by Gasteiger charge is -2.38. The molecule has 2 rings (SSSR count). The van der Waals surface area contributed by atoms with E-state index in [-0.39, 0.29) is 0 Å². The Kier molecular flexibility index (Phi) is 5.44. The van der Waals surface area contributed by atoms with Crippen LogP contribution in [0.4, 0.5) is 0 Å². The molecule has 0 spiro atoms. The van der Waals surface area contributed by atoms with E-state index in [0.29, 0.717) is 5.92 Å². The van der Waals surface area contributed by atoms with E-state index in [2.05, 4.69) is 26.0 Å². The smallest absolute Gasteiger partial charge is 0.314 e. The first kappa shape index (κ1) is 16.1. The van der Waals surface area contributed by atoms with E-state index in [9.17, 15) is 9.90 Å². The third-order valence-electron chi connectivity index (χ3n) is 5.17. The fraction of sp³-hybridized carbons (Fsp3) is 0.632. The highest BCUT2D eigenvalue weighted by atomic mass is 16.4. The van der Waals surface area contributed by atoms with Crippen LogP contribution in [0, 0.1) is 5.92 Å². The molecule has 0 radical (unpaired) electrons. The van der Waals surface area contributed by atoms with Crippen LogP contribution in [0.25, 0.3) is 0 Å². The zero-order valence-corrected chi connectivity index (χ0v) is 13.4. The zero-order valence-electron chi connectivity index (χ0n) is 13.4. The zero-order chi connectivity index (χ0) is 15.3. The van der Waals surface area contributed by atoms with Crippen LogP contribution in [0.2, 0.25) is 0 Å². The predicted molar refractivity (Wildman–Crippen MR) is 86.6 cm³/mol. The van der Waals surface area contributed by atoms with E-state index in [4.69, 9.17) is 0 Å². The second-order valence-electron chi connectivity index (χ2n) is 6.52. The largest absolute Gasteiger partial charge is 0.481 e. The number of fused-ring (bicyclic) bond motifs is 1. The summed E-state index contributed by atoms with van der Waals surface area (Å²) in [6.45, 7) is 4.40. The third kappa shape index (κ3) is 3.30. The number of carboxylic acid groups (broad SMARTS) is 1. The molecule has 0 fully saturated rings. The Balaban J connectivity index is 2.32. The molecule has 2 heteroatoms. The quantitative estimate of drug-likeness (QED) is 0.770. The lowest BCUT2D eigenvalue weighted by atomic mass is 9.65. The molecule has 0 amide bonds. The highest BCUT2D eigenvalue weighted by Gasteiger charge is 2.44. The highest BCUT2D eigenvalue weighted by molar-refractivity contribution is 5.82. The Hall–Kier alpha value is -1.31. The first-order valence-electron chi connectivity index (χ1n) is 8.45. The molecule has 1 aromatic rings. The van der Waals surface area contributed by atoms with E-state index in [0.717, 1.165) is 44.1 Å². The van der Waals surface area contributed by atoms with Crippen molar-refractivity contribution in [3.8, 4) is 0 Å². The molecule has 1 aliphatic rings. The summed E-state index contributed by atoms with van der Waals surface area (Å²) in [5.41, 5.74) is 1.68. The van der Waals surface area contributed by atoms with Gasteiger partial charge in [-0.3, -0.25) is 4.79 Å². The summed E-state index contributed by atoms with van der Waals surface area (Å²) in [7, 11) is 0. The molecule has 0 saturated carbocycles. The first-order valence-corrected chi connectivity index (χ1v) is 8.45. The molecule has 2 atom stereocenters. The first-order chi connectivity index (χ1) is 10.1. The molecule has 0 aromatic heterocycles. The van der Waals surface area contributed by atoms with Crippen LogP contribution in [0.15, 0.2) is 24.3 Å². The molecule has 0 bridgehead atoms. The summed E-state index contributed by atoms with van der Waals surface area (Å²) in [4.78, 5) is 12.2. The normalized spacial score (nSPS) is 22.6. The number of carbonyl (C=O) groups is 1. The maximum atomic E-state index is 12.2. The van der Waals surface area contributed by atoms with E-state index >= 15 is 0 Å². The number of aryl methyl sites for hydroxylation is 1. The van der Waals surface area contributed by atoms with Crippen molar-refractivity contribution in [2.45, 2.75) is 70.6 Å².